The van der Waals surface area contributed by atoms with E-state index in [9.17, 15) is 4.79 Å². The summed E-state index contributed by atoms with van der Waals surface area (Å²) in [6.07, 6.45) is 4.32. The highest BCUT2D eigenvalue weighted by atomic mass is 79.9. The Labute approximate surface area is 130 Å². The summed E-state index contributed by atoms with van der Waals surface area (Å²) < 4.78 is 1.87. The molecule has 0 saturated carbocycles. The fourth-order valence-electron chi connectivity index (χ4n) is 1.85. The Morgan fingerprint density at radius 2 is 2.40 bits per heavy atom. The van der Waals surface area contributed by atoms with Crippen molar-refractivity contribution in [1.82, 2.24) is 9.78 Å². The van der Waals surface area contributed by atoms with Gasteiger partial charge in [-0.2, -0.15) is 5.10 Å². The van der Waals surface area contributed by atoms with Crippen LogP contribution in [0.4, 0.5) is 5.69 Å². The normalized spacial score (nSPS) is 10.5. The Morgan fingerprint density at radius 3 is 3.10 bits per heavy atom. The Bertz CT molecular complexity index is 663. The highest BCUT2D eigenvalue weighted by Crippen LogP contribution is 2.21. The first-order chi connectivity index (χ1) is 9.67. The second-order valence-electron chi connectivity index (χ2n) is 4.22. The number of halogens is 1. The van der Waals surface area contributed by atoms with Crippen LogP contribution in [0.2, 0.25) is 0 Å². The molecule has 0 fully saturated rings. The molecule has 0 amide bonds. The summed E-state index contributed by atoms with van der Waals surface area (Å²) in [7, 11) is 0. The molecule has 2 aromatic rings. The van der Waals surface area contributed by atoms with Crippen LogP contribution >= 0.6 is 27.3 Å². The minimum Gasteiger partial charge on any atom is -0.378 e. The first kappa shape index (κ1) is 15.0. The van der Waals surface area contributed by atoms with Crippen molar-refractivity contribution in [2.24, 2.45) is 0 Å². The maximum absolute atomic E-state index is 12.0. The van der Waals surface area contributed by atoms with E-state index in [4.69, 9.17) is 0 Å². The molecule has 0 unspecified atom stereocenters. The Morgan fingerprint density at radius 1 is 1.60 bits per heavy atom. The van der Waals surface area contributed by atoms with Gasteiger partial charge >= 0.3 is 0 Å². The standard InChI is InChI=1S/C14H16BrN3OS/c1-3-6-18-14(19)13(15)11(8-17-18)16-9-12-10(4-2)5-7-20-12/h3,5,7-8,16H,1,4,6,9H2,2H3. The van der Waals surface area contributed by atoms with Crippen molar-refractivity contribution >= 4 is 33.0 Å². The number of rotatable bonds is 6. The SMILES string of the molecule is C=CCn1ncc(NCc2sccc2CC)c(Br)c1=O. The largest absolute Gasteiger partial charge is 0.378 e. The number of thiophene rings is 1. The fourth-order valence-corrected chi connectivity index (χ4v) is 3.22. The molecule has 0 aliphatic rings. The van der Waals surface area contributed by atoms with Crippen molar-refractivity contribution in [2.75, 3.05) is 5.32 Å². The Balaban J connectivity index is 2.16. The average Bonchev–Trinajstić information content (AvgIpc) is 2.91. The third-order valence-electron chi connectivity index (χ3n) is 2.94. The maximum atomic E-state index is 12.0. The molecule has 2 aromatic heterocycles. The fraction of sp³-hybridized carbons (Fsp3) is 0.286. The number of anilines is 1. The van der Waals surface area contributed by atoms with E-state index in [0.29, 0.717) is 23.2 Å². The molecule has 6 heteroatoms. The predicted octanol–water partition coefficient (Wildman–Crippen LogP) is 3.43. The monoisotopic (exact) mass is 353 g/mol. The van der Waals surface area contributed by atoms with Crippen molar-refractivity contribution in [3.63, 3.8) is 0 Å². The molecule has 4 nitrogen and oxygen atoms in total. The zero-order valence-electron chi connectivity index (χ0n) is 11.2. The van der Waals surface area contributed by atoms with Gasteiger partial charge in [-0.25, -0.2) is 4.68 Å². The van der Waals surface area contributed by atoms with E-state index in [1.807, 2.05) is 0 Å². The van der Waals surface area contributed by atoms with E-state index in [-0.39, 0.29) is 5.56 Å². The summed E-state index contributed by atoms with van der Waals surface area (Å²) in [6.45, 7) is 6.85. The lowest BCUT2D eigenvalue weighted by molar-refractivity contribution is 0.649. The smallest absolute Gasteiger partial charge is 0.283 e. The molecule has 0 bridgehead atoms. The number of aromatic nitrogens is 2. The molecule has 0 saturated heterocycles. The van der Waals surface area contributed by atoms with Gasteiger partial charge in [-0.05, 0) is 39.4 Å². The highest BCUT2D eigenvalue weighted by Gasteiger charge is 2.09. The van der Waals surface area contributed by atoms with Gasteiger partial charge in [-0.15, -0.1) is 17.9 Å². The van der Waals surface area contributed by atoms with Gasteiger partial charge in [0.05, 0.1) is 18.4 Å². The summed E-state index contributed by atoms with van der Waals surface area (Å²) in [6, 6.07) is 2.14. The summed E-state index contributed by atoms with van der Waals surface area (Å²) in [5.41, 5.74) is 1.90. The summed E-state index contributed by atoms with van der Waals surface area (Å²) in [5.74, 6) is 0. The molecule has 2 heterocycles. The lowest BCUT2D eigenvalue weighted by Crippen LogP contribution is -2.23. The molecule has 0 aliphatic heterocycles. The Hall–Kier alpha value is -1.40. The molecule has 0 spiro atoms. The van der Waals surface area contributed by atoms with Crippen molar-refractivity contribution in [1.29, 1.82) is 0 Å². The summed E-state index contributed by atoms with van der Waals surface area (Å²) >= 11 is 5.05. The molecule has 0 radical (unpaired) electrons. The van der Waals surface area contributed by atoms with E-state index < -0.39 is 0 Å². The van der Waals surface area contributed by atoms with E-state index in [1.54, 1.807) is 23.6 Å². The second kappa shape index (κ2) is 6.85. The van der Waals surface area contributed by atoms with Crippen molar-refractivity contribution in [2.45, 2.75) is 26.4 Å². The van der Waals surface area contributed by atoms with Crippen LogP contribution < -0.4 is 10.9 Å². The van der Waals surface area contributed by atoms with Gasteiger partial charge in [-0.3, -0.25) is 4.79 Å². The predicted molar refractivity (Wildman–Crippen MR) is 87.4 cm³/mol. The molecular weight excluding hydrogens is 338 g/mol. The molecule has 20 heavy (non-hydrogen) atoms. The third-order valence-corrected chi connectivity index (χ3v) is 4.67. The van der Waals surface area contributed by atoms with Crippen LogP contribution in [-0.4, -0.2) is 9.78 Å². The first-order valence-electron chi connectivity index (χ1n) is 6.33. The Kier molecular flexibility index (Phi) is 5.14. The van der Waals surface area contributed by atoms with Crippen LogP contribution in [0.3, 0.4) is 0 Å². The van der Waals surface area contributed by atoms with Crippen LogP contribution in [0.1, 0.15) is 17.4 Å². The van der Waals surface area contributed by atoms with Gasteiger partial charge in [0.1, 0.15) is 4.47 Å². The number of hydrogen-bond acceptors (Lipinski definition) is 4. The van der Waals surface area contributed by atoms with Crippen LogP contribution in [0.25, 0.3) is 0 Å². The maximum Gasteiger partial charge on any atom is 0.283 e. The van der Waals surface area contributed by atoms with Gasteiger partial charge in [0, 0.05) is 11.4 Å². The number of nitrogens with one attached hydrogen (secondary N) is 1. The lowest BCUT2D eigenvalue weighted by Gasteiger charge is -2.09. The van der Waals surface area contributed by atoms with Gasteiger partial charge in [0.2, 0.25) is 0 Å². The van der Waals surface area contributed by atoms with Crippen LogP contribution in [0.15, 0.2) is 39.6 Å². The molecule has 106 valence electrons. The lowest BCUT2D eigenvalue weighted by atomic mass is 10.2. The van der Waals surface area contributed by atoms with E-state index in [1.165, 1.54) is 15.1 Å². The summed E-state index contributed by atoms with van der Waals surface area (Å²) in [4.78, 5) is 13.3. The van der Waals surface area contributed by atoms with Gasteiger partial charge in [0.15, 0.2) is 0 Å². The van der Waals surface area contributed by atoms with E-state index in [0.717, 1.165) is 6.42 Å². The van der Waals surface area contributed by atoms with Crippen LogP contribution in [0.5, 0.6) is 0 Å². The molecule has 0 aliphatic carbocycles. The quantitative estimate of drug-likeness (QED) is 0.809. The molecule has 1 N–H and O–H groups in total. The second-order valence-corrected chi connectivity index (χ2v) is 6.02. The van der Waals surface area contributed by atoms with Crippen molar-refractivity contribution < 1.29 is 0 Å². The van der Waals surface area contributed by atoms with Crippen LogP contribution in [0, 0.1) is 0 Å². The zero-order chi connectivity index (χ0) is 14.5. The van der Waals surface area contributed by atoms with E-state index in [2.05, 4.69) is 51.3 Å². The minimum absolute atomic E-state index is 0.156. The molecule has 2 rings (SSSR count). The van der Waals surface area contributed by atoms with E-state index >= 15 is 0 Å². The number of aryl methyl sites for hydroxylation is 1. The third kappa shape index (κ3) is 3.19. The van der Waals surface area contributed by atoms with Gasteiger partial charge in [-0.1, -0.05) is 13.0 Å². The molecule has 0 atom stereocenters. The first-order valence-corrected chi connectivity index (χ1v) is 8.00. The summed E-state index contributed by atoms with van der Waals surface area (Å²) in [5, 5.41) is 9.47. The van der Waals surface area contributed by atoms with Gasteiger partial charge < -0.3 is 5.32 Å². The van der Waals surface area contributed by atoms with Gasteiger partial charge in [0.25, 0.3) is 5.56 Å². The van der Waals surface area contributed by atoms with Crippen LogP contribution in [-0.2, 0) is 19.5 Å². The molecule has 0 aromatic carbocycles. The number of hydrogen-bond donors (Lipinski definition) is 1. The zero-order valence-corrected chi connectivity index (χ0v) is 13.6. The average molecular weight is 354 g/mol. The number of allylic oxidation sites excluding steroid dienone is 1. The highest BCUT2D eigenvalue weighted by molar-refractivity contribution is 9.10. The number of nitrogens with zero attached hydrogens (tertiary/aromatic N) is 2. The molecular formula is C14H16BrN3OS. The van der Waals surface area contributed by atoms with Crippen molar-refractivity contribution in [3.05, 3.63) is 55.6 Å². The minimum atomic E-state index is -0.156. The topological polar surface area (TPSA) is 46.9 Å². The van der Waals surface area contributed by atoms with Crippen molar-refractivity contribution in [3.8, 4) is 0 Å².